The van der Waals surface area contributed by atoms with Crippen LogP contribution in [0.2, 0.25) is 0 Å². The van der Waals surface area contributed by atoms with Crippen molar-refractivity contribution in [2.24, 2.45) is 0 Å². The van der Waals surface area contributed by atoms with Crippen LogP contribution in [0.25, 0.3) is 10.9 Å². The molecule has 1 aromatic carbocycles. The van der Waals surface area contributed by atoms with Crippen LogP contribution in [0.3, 0.4) is 0 Å². The van der Waals surface area contributed by atoms with Crippen LogP contribution in [-0.4, -0.2) is 9.97 Å². The molecule has 0 bridgehead atoms. The summed E-state index contributed by atoms with van der Waals surface area (Å²) in [4.78, 5) is 7.71. The highest BCUT2D eigenvalue weighted by Crippen LogP contribution is 2.20. The summed E-state index contributed by atoms with van der Waals surface area (Å²) in [6.45, 7) is 4.85. The van der Waals surface area contributed by atoms with Gasteiger partial charge in [-0.2, -0.15) is 0 Å². The van der Waals surface area contributed by atoms with E-state index in [2.05, 4.69) is 45.6 Å². The van der Waals surface area contributed by atoms with Crippen LogP contribution in [-0.2, 0) is 6.54 Å². The first-order chi connectivity index (χ1) is 9.24. The van der Waals surface area contributed by atoms with E-state index < -0.39 is 0 Å². The van der Waals surface area contributed by atoms with E-state index in [1.165, 1.54) is 16.5 Å². The number of rotatable bonds is 3. The molecule has 0 aliphatic heterocycles. The van der Waals surface area contributed by atoms with Crippen LogP contribution in [0.4, 0.5) is 5.69 Å². The number of aryl methyl sites for hydroxylation is 2. The molecule has 0 atom stereocenters. The molecule has 3 nitrogen and oxygen atoms in total. The number of nitrogens with one attached hydrogen (secondary N) is 2. The topological polar surface area (TPSA) is 40.7 Å². The van der Waals surface area contributed by atoms with Crippen molar-refractivity contribution in [2.45, 2.75) is 20.4 Å². The van der Waals surface area contributed by atoms with Gasteiger partial charge in [-0.3, -0.25) is 4.98 Å². The Kier molecular flexibility index (Phi) is 2.95. The fraction of sp³-hybridized carbons (Fsp3) is 0.188. The molecule has 0 radical (unpaired) electrons. The van der Waals surface area contributed by atoms with Crippen LogP contribution in [0.15, 0.2) is 42.6 Å². The van der Waals surface area contributed by atoms with Crippen molar-refractivity contribution in [1.29, 1.82) is 0 Å². The van der Waals surface area contributed by atoms with Gasteiger partial charge in [0.1, 0.15) is 0 Å². The highest BCUT2D eigenvalue weighted by Gasteiger charge is 2.03. The van der Waals surface area contributed by atoms with E-state index in [1.807, 2.05) is 26.1 Å². The first kappa shape index (κ1) is 11.8. The van der Waals surface area contributed by atoms with E-state index in [9.17, 15) is 0 Å². The van der Waals surface area contributed by atoms with Crippen molar-refractivity contribution in [3.05, 3.63) is 59.5 Å². The fourth-order valence-electron chi connectivity index (χ4n) is 2.37. The summed E-state index contributed by atoms with van der Waals surface area (Å²) in [6, 6.07) is 12.6. The molecule has 0 fully saturated rings. The largest absolute Gasteiger partial charge is 0.379 e. The molecular weight excluding hydrogens is 234 g/mol. The molecule has 0 saturated heterocycles. The van der Waals surface area contributed by atoms with E-state index in [4.69, 9.17) is 0 Å². The van der Waals surface area contributed by atoms with E-state index in [-0.39, 0.29) is 0 Å². The summed E-state index contributed by atoms with van der Waals surface area (Å²) in [5.41, 5.74) is 5.66. The molecule has 0 saturated carbocycles. The number of aromatic nitrogens is 2. The standard InChI is InChI=1S/C16H17N3/c1-11-6-7-15(12(2)19-11)18-10-13-4-3-5-16-14(13)8-9-17-16/h3-9,17-18H,10H2,1-2H3. The van der Waals surface area contributed by atoms with Gasteiger partial charge in [-0.25, -0.2) is 0 Å². The number of H-pyrrole nitrogens is 1. The lowest BCUT2D eigenvalue weighted by Crippen LogP contribution is -2.02. The summed E-state index contributed by atoms with van der Waals surface area (Å²) in [6.07, 6.45) is 1.98. The fourth-order valence-corrected chi connectivity index (χ4v) is 2.37. The molecule has 0 aliphatic rings. The minimum Gasteiger partial charge on any atom is -0.379 e. The first-order valence-corrected chi connectivity index (χ1v) is 6.47. The molecule has 96 valence electrons. The zero-order valence-corrected chi connectivity index (χ0v) is 11.2. The average molecular weight is 251 g/mol. The molecule has 3 rings (SSSR count). The van der Waals surface area contributed by atoms with Crippen molar-refractivity contribution in [3.63, 3.8) is 0 Å². The number of hydrogen-bond acceptors (Lipinski definition) is 2. The molecule has 2 heterocycles. The van der Waals surface area contributed by atoms with Gasteiger partial charge in [0.15, 0.2) is 0 Å². The maximum Gasteiger partial charge on any atom is 0.0606 e. The molecule has 2 N–H and O–H groups in total. The molecule has 0 unspecified atom stereocenters. The van der Waals surface area contributed by atoms with E-state index in [1.54, 1.807) is 0 Å². The quantitative estimate of drug-likeness (QED) is 0.743. The molecular formula is C16H17N3. The molecule has 3 aromatic rings. The molecule has 0 aliphatic carbocycles. The van der Waals surface area contributed by atoms with Crippen LogP contribution < -0.4 is 5.32 Å². The normalized spacial score (nSPS) is 10.8. The third-order valence-corrected chi connectivity index (χ3v) is 3.38. The van der Waals surface area contributed by atoms with Gasteiger partial charge < -0.3 is 10.3 Å². The number of nitrogens with zero attached hydrogens (tertiary/aromatic N) is 1. The van der Waals surface area contributed by atoms with Gasteiger partial charge in [-0.15, -0.1) is 0 Å². The van der Waals surface area contributed by atoms with E-state index >= 15 is 0 Å². The number of hydrogen-bond donors (Lipinski definition) is 2. The summed E-state index contributed by atoms with van der Waals surface area (Å²) in [5, 5.41) is 4.73. The number of pyridine rings is 1. The lowest BCUT2D eigenvalue weighted by Gasteiger charge is -2.10. The summed E-state index contributed by atoms with van der Waals surface area (Å²) in [5.74, 6) is 0. The third-order valence-electron chi connectivity index (χ3n) is 3.38. The van der Waals surface area contributed by atoms with Crippen molar-refractivity contribution in [2.75, 3.05) is 5.32 Å². The van der Waals surface area contributed by atoms with E-state index in [0.29, 0.717) is 0 Å². The Morgan fingerprint density at radius 1 is 1.11 bits per heavy atom. The highest BCUT2D eigenvalue weighted by molar-refractivity contribution is 5.83. The smallest absolute Gasteiger partial charge is 0.0606 e. The van der Waals surface area contributed by atoms with Crippen LogP contribution in [0, 0.1) is 13.8 Å². The second-order valence-corrected chi connectivity index (χ2v) is 4.80. The number of benzene rings is 1. The Morgan fingerprint density at radius 2 is 2.00 bits per heavy atom. The second kappa shape index (κ2) is 4.76. The lowest BCUT2D eigenvalue weighted by molar-refractivity contribution is 1.08. The van der Waals surface area contributed by atoms with Crippen molar-refractivity contribution >= 4 is 16.6 Å². The Bertz CT molecular complexity index is 713. The average Bonchev–Trinajstić information content (AvgIpc) is 2.86. The summed E-state index contributed by atoms with van der Waals surface area (Å²) < 4.78 is 0. The zero-order chi connectivity index (χ0) is 13.2. The number of fused-ring (bicyclic) bond motifs is 1. The summed E-state index contributed by atoms with van der Waals surface area (Å²) >= 11 is 0. The highest BCUT2D eigenvalue weighted by atomic mass is 14.9. The molecule has 3 heteroatoms. The monoisotopic (exact) mass is 251 g/mol. The van der Waals surface area contributed by atoms with Crippen LogP contribution >= 0.6 is 0 Å². The van der Waals surface area contributed by atoms with Gasteiger partial charge >= 0.3 is 0 Å². The maximum atomic E-state index is 4.47. The van der Waals surface area contributed by atoms with E-state index in [0.717, 1.165) is 23.6 Å². The Hall–Kier alpha value is -2.29. The lowest BCUT2D eigenvalue weighted by atomic mass is 10.1. The van der Waals surface area contributed by atoms with Crippen LogP contribution in [0.5, 0.6) is 0 Å². The summed E-state index contributed by atoms with van der Waals surface area (Å²) in [7, 11) is 0. The minimum absolute atomic E-state index is 0.806. The Labute approximate surface area is 112 Å². The van der Waals surface area contributed by atoms with Crippen molar-refractivity contribution in [3.8, 4) is 0 Å². The van der Waals surface area contributed by atoms with Crippen LogP contribution in [0.1, 0.15) is 17.0 Å². The number of aromatic amines is 1. The molecule has 0 spiro atoms. The minimum atomic E-state index is 0.806. The maximum absolute atomic E-state index is 4.47. The van der Waals surface area contributed by atoms with Gasteiger partial charge in [-0.05, 0) is 43.7 Å². The molecule has 2 aromatic heterocycles. The SMILES string of the molecule is Cc1ccc(NCc2cccc3[nH]ccc23)c(C)n1. The van der Waals surface area contributed by atoms with Gasteiger partial charge in [0.2, 0.25) is 0 Å². The van der Waals surface area contributed by atoms with Crippen molar-refractivity contribution in [1.82, 2.24) is 9.97 Å². The van der Waals surface area contributed by atoms with Gasteiger partial charge in [0, 0.05) is 29.3 Å². The third kappa shape index (κ3) is 2.32. The van der Waals surface area contributed by atoms with Gasteiger partial charge in [0.25, 0.3) is 0 Å². The molecule has 0 amide bonds. The van der Waals surface area contributed by atoms with Gasteiger partial charge in [-0.1, -0.05) is 12.1 Å². The zero-order valence-electron chi connectivity index (χ0n) is 11.2. The van der Waals surface area contributed by atoms with Crippen molar-refractivity contribution < 1.29 is 0 Å². The first-order valence-electron chi connectivity index (χ1n) is 6.47. The predicted molar refractivity (Wildman–Crippen MR) is 79.3 cm³/mol. The number of anilines is 1. The predicted octanol–water partition coefficient (Wildman–Crippen LogP) is 3.79. The second-order valence-electron chi connectivity index (χ2n) is 4.80. The Balaban J connectivity index is 1.84. The Morgan fingerprint density at radius 3 is 2.84 bits per heavy atom. The molecule has 19 heavy (non-hydrogen) atoms. The van der Waals surface area contributed by atoms with Gasteiger partial charge in [0.05, 0.1) is 11.4 Å².